The molecular weight excluding hydrogens is 594 g/mol. The zero-order chi connectivity index (χ0) is 34.3. The summed E-state index contributed by atoms with van der Waals surface area (Å²) in [4.78, 5) is 86.6. The van der Waals surface area contributed by atoms with E-state index < -0.39 is 96.8 Å². The fraction of sp³-hybridized carbons (Fsp3) is 0.536. The lowest BCUT2D eigenvalue weighted by Gasteiger charge is -2.28. The van der Waals surface area contributed by atoms with E-state index >= 15 is 0 Å². The minimum atomic E-state index is -1.62. The number of carboxylic acid groups (broad SMARTS) is 1. The zero-order valence-corrected chi connectivity index (χ0v) is 25.3. The van der Waals surface area contributed by atoms with E-state index in [2.05, 4.69) is 26.6 Å². The van der Waals surface area contributed by atoms with Crippen molar-refractivity contribution in [2.45, 2.75) is 76.3 Å². The van der Waals surface area contributed by atoms with Crippen LogP contribution in [0.5, 0.6) is 0 Å². The van der Waals surface area contributed by atoms with Crippen LogP contribution in [0.2, 0.25) is 0 Å². The lowest BCUT2D eigenvalue weighted by atomic mass is 10.0. The molecule has 6 amide bonds. The average Bonchev–Trinajstić information content (AvgIpc) is 2.98. The highest BCUT2D eigenvalue weighted by atomic mass is 16.4. The maximum absolute atomic E-state index is 13.3. The van der Waals surface area contributed by atoms with Crippen LogP contribution in [-0.2, 0) is 40.0 Å². The summed E-state index contributed by atoms with van der Waals surface area (Å²) in [6.07, 6.45) is -2.20. The SMILES string of the molecule is CC(C)[C@H](NC(=O)CNC(=O)[C@@H](N)CO)C(=O)N[C@H](C(=O)N[C@@H](Cc1ccccc1)C(=O)N[C@@H](CCC(N)=O)C(=O)O)[C@@H](C)O. The van der Waals surface area contributed by atoms with E-state index in [1.165, 1.54) is 6.92 Å². The second-order valence-electron chi connectivity index (χ2n) is 10.7. The minimum absolute atomic E-state index is 0.0998. The molecule has 0 aliphatic rings. The Hall–Kier alpha value is -4.61. The standard InChI is InChI=1S/C28H43N7O10/c1-14(2)22(34-21(39)12-31-24(40)17(29)13-36)26(42)35-23(15(3)37)27(43)33-19(11-16-7-5-4-6-8-16)25(41)32-18(28(44)45)9-10-20(30)38/h4-8,14-15,17-19,22-23,36-37H,9-13,29H2,1-3H3,(H2,30,38)(H,31,40)(H,32,41)(H,33,43)(H,34,39)(H,35,42)(H,44,45)/t15-,17+,18+,19+,22+,23+/m1/s1. The number of carboxylic acids is 1. The number of carbonyl (C=O) groups is 7. The number of aliphatic hydroxyl groups is 2. The molecule has 0 saturated heterocycles. The van der Waals surface area contributed by atoms with Crippen LogP contribution >= 0.6 is 0 Å². The Balaban J connectivity index is 3.11. The normalized spacial score (nSPS) is 14.9. The number of nitrogens with two attached hydrogens (primary N) is 2. The van der Waals surface area contributed by atoms with Crippen LogP contribution in [-0.4, -0.2) is 106 Å². The molecule has 12 N–H and O–H groups in total. The van der Waals surface area contributed by atoms with Crippen LogP contribution < -0.4 is 38.1 Å². The molecule has 0 unspecified atom stereocenters. The van der Waals surface area contributed by atoms with Gasteiger partial charge in [-0.2, -0.15) is 0 Å². The van der Waals surface area contributed by atoms with Gasteiger partial charge < -0.3 is 53.4 Å². The van der Waals surface area contributed by atoms with Gasteiger partial charge in [-0.05, 0) is 24.8 Å². The van der Waals surface area contributed by atoms with Gasteiger partial charge in [-0.1, -0.05) is 44.2 Å². The van der Waals surface area contributed by atoms with Crippen LogP contribution in [0.3, 0.4) is 0 Å². The highest BCUT2D eigenvalue weighted by Crippen LogP contribution is 2.08. The molecule has 17 nitrogen and oxygen atoms in total. The highest BCUT2D eigenvalue weighted by Gasteiger charge is 2.34. The summed E-state index contributed by atoms with van der Waals surface area (Å²) in [5.41, 5.74) is 11.1. The molecule has 45 heavy (non-hydrogen) atoms. The average molecular weight is 638 g/mol. The third kappa shape index (κ3) is 13.7. The molecule has 0 radical (unpaired) electrons. The summed E-state index contributed by atoms with van der Waals surface area (Å²) in [7, 11) is 0. The molecule has 17 heteroatoms. The first-order chi connectivity index (χ1) is 21.1. The Morgan fingerprint density at radius 2 is 1.38 bits per heavy atom. The molecule has 0 fully saturated rings. The molecule has 0 saturated carbocycles. The molecule has 1 aromatic rings. The van der Waals surface area contributed by atoms with Gasteiger partial charge in [-0.3, -0.25) is 28.8 Å². The predicted octanol–water partition coefficient (Wildman–Crippen LogP) is -4.01. The first-order valence-corrected chi connectivity index (χ1v) is 14.1. The van der Waals surface area contributed by atoms with Crippen LogP contribution in [0.25, 0.3) is 0 Å². The monoisotopic (exact) mass is 637 g/mol. The molecule has 250 valence electrons. The summed E-state index contributed by atoms with van der Waals surface area (Å²) in [5.74, 6) is -7.04. The Morgan fingerprint density at radius 1 is 0.800 bits per heavy atom. The number of nitrogens with one attached hydrogen (secondary N) is 5. The van der Waals surface area contributed by atoms with E-state index in [4.69, 9.17) is 16.6 Å². The van der Waals surface area contributed by atoms with Crippen molar-refractivity contribution in [3.05, 3.63) is 35.9 Å². The van der Waals surface area contributed by atoms with Gasteiger partial charge in [-0.15, -0.1) is 0 Å². The van der Waals surface area contributed by atoms with Crippen molar-refractivity contribution in [3.8, 4) is 0 Å². The zero-order valence-electron chi connectivity index (χ0n) is 25.3. The summed E-state index contributed by atoms with van der Waals surface area (Å²) >= 11 is 0. The number of carbonyl (C=O) groups excluding carboxylic acids is 6. The first kappa shape index (κ1) is 38.4. The van der Waals surface area contributed by atoms with Crippen molar-refractivity contribution in [2.75, 3.05) is 13.2 Å². The number of amides is 6. The lowest BCUT2D eigenvalue weighted by Crippen LogP contribution is -2.61. The van der Waals surface area contributed by atoms with Crippen molar-refractivity contribution in [1.82, 2.24) is 26.6 Å². The molecule has 0 aliphatic heterocycles. The van der Waals surface area contributed by atoms with Crippen molar-refractivity contribution in [1.29, 1.82) is 0 Å². The van der Waals surface area contributed by atoms with E-state index in [9.17, 15) is 43.8 Å². The maximum Gasteiger partial charge on any atom is 0.326 e. The van der Waals surface area contributed by atoms with Crippen LogP contribution in [0.4, 0.5) is 0 Å². The second kappa shape index (κ2) is 18.9. The second-order valence-corrected chi connectivity index (χ2v) is 10.7. The fourth-order valence-corrected chi connectivity index (χ4v) is 3.93. The quantitative estimate of drug-likeness (QED) is 0.0697. The van der Waals surface area contributed by atoms with Gasteiger partial charge >= 0.3 is 5.97 Å². The summed E-state index contributed by atoms with van der Waals surface area (Å²) < 4.78 is 0. The van der Waals surface area contributed by atoms with E-state index in [1.807, 2.05) is 0 Å². The van der Waals surface area contributed by atoms with Crippen molar-refractivity contribution in [2.24, 2.45) is 17.4 Å². The summed E-state index contributed by atoms with van der Waals surface area (Å²) in [5, 5.41) is 40.5. The van der Waals surface area contributed by atoms with Crippen LogP contribution in [0.15, 0.2) is 30.3 Å². The number of hydrogen-bond donors (Lipinski definition) is 10. The molecule has 0 aromatic heterocycles. The number of aliphatic carboxylic acids is 1. The minimum Gasteiger partial charge on any atom is -0.480 e. The third-order valence-corrected chi connectivity index (χ3v) is 6.49. The lowest BCUT2D eigenvalue weighted by molar-refractivity contribution is -0.142. The Labute approximate surface area is 259 Å². The third-order valence-electron chi connectivity index (χ3n) is 6.49. The largest absolute Gasteiger partial charge is 0.480 e. The molecule has 1 rings (SSSR count). The molecule has 1 aromatic carbocycles. The fourth-order valence-electron chi connectivity index (χ4n) is 3.93. The Kier molecular flexibility index (Phi) is 16.2. The van der Waals surface area contributed by atoms with Gasteiger partial charge in [0.05, 0.1) is 19.3 Å². The number of primary amides is 1. The molecule has 0 spiro atoms. The molecule has 0 heterocycles. The van der Waals surface area contributed by atoms with Gasteiger partial charge in [0.2, 0.25) is 35.4 Å². The number of hydrogen-bond acceptors (Lipinski definition) is 10. The summed E-state index contributed by atoms with van der Waals surface area (Å²) in [6.45, 7) is 3.20. The van der Waals surface area contributed by atoms with Crippen LogP contribution in [0.1, 0.15) is 39.2 Å². The van der Waals surface area contributed by atoms with E-state index in [0.29, 0.717) is 5.56 Å². The van der Waals surface area contributed by atoms with Gasteiger partial charge in [0.1, 0.15) is 30.2 Å². The highest BCUT2D eigenvalue weighted by molar-refractivity contribution is 5.96. The summed E-state index contributed by atoms with van der Waals surface area (Å²) in [6, 6.07) is 1.47. The Bertz CT molecular complexity index is 1200. The van der Waals surface area contributed by atoms with E-state index in [0.717, 1.165) is 0 Å². The molecule has 0 bridgehead atoms. The van der Waals surface area contributed by atoms with Crippen molar-refractivity contribution >= 4 is 41.4 Å². The topological polar surface area (TPSA) is 292 Å². The van der Waals surface area contributed by atoms with E-state index in [-0.39, 0.29) is 19.3 Å². The molecule has 6 atom stereocenters. The Morgan fingerprint density at radius 3 is 1.89 bits per heavy atom. The van der Waals surface area contributed by atoms with Crippen LogP contribution in [0, 0.1) is 5.92 Å². The molecular formula is C28H43N7O10. The van der Waals surface area contributed by atoms with Gasteiger partial charge in [0, 0.05) is 12.8 Å². The smallest absolute Gasteiger partial charge is 0.326 e. The number of aliphatic hydroxyl groups excluding tert-OH is 2. The van der Waals surface area contributed by atoms with E-state index in [1.54, 1.807) is 44.2 Å². The van der Waals surface area contributed by atoms with Gasteiger partial charge in [0.15, 0.2) is 0 Å². The number of rotatable bonds is 19. The van der Waals surface area contributed by atoms with Gasteiger partial charge in [-0.25, -0.2) is 4.79 Å². The first-order valence-electron chi connectivity index (χ1n) is 14.1. The van der Waals surface area contributed by atoms with Crippen molar-refractivity contribution in [3.63, 3.8) is 0 Å². The van der Waals surface area contributed by atoms with Gasteiger partial charge in [0.25, 0.3) is 0 Å². The maximum atomic E-state index is 13.3. The number of benzene rings is 1. The molecule has 0 aliphatic carbocycles. The van der Waals surface area contributed by atoms with Crippen molar-refractivity contribution < 1.29 is 48.9 Å². The predicted molar refractivity (Wildman–Crippen MR) is 159 cm³/mol.